The van der Waals surface area contributed by atoms with E-state index in [9.17, 15) is 9.90 Å². The van der Waals surface area contributed by atoms with Gasteiger partial charge in [-0.15, -0.1) is 0 Å². The maximum absolute atomic E-state index is 12.7. The van der Waals surface area contributed by atoms with Crippen LogP contribution in [0.4, 0.5) is 0 Å². The monoisotopic (exact) mass is 337 g/mol. The van der Waals surface area contributed by atoms with E-state index in [4.69, 9.17) is 5.26 Å². The second-order valence-corrected chi connectivity index (χ2v) is 7.44. The van der Waals surface area contributed by atoms with Crippen LogP contribution in [0.1, 0.15) is 53.5 Å². The van der Waals surface area contributed by atoms with Crippen LogP contribution in [0.2, 0.25) is 0 Å². The number of amides is 1. The van der Waals surface area contributed by atoms with Gasteiger partial charge >= 0.3 is 0 Å². The van der Waals surface area contributed by atoms with Crippen molar-refractivity contribution in [3.63, 3.8) is 0 Å². The first-order valence-corrected chi connectivity index (χ1v) is 8.35. The average molecular weight is 337 g/mol. The molecule has 7 nitrogen and oxygen atoms in total. The lowest BCUT2D eigenvalue weighted by Crippen LogP contribution is -2.46. The van der Waals surface area contributed by atoms with Gasteiger partial charge in [0.05, 0.1) is 29.5 Å². The van der Waals surface area contributed by atoms with Gasteiger partial charge in [0.25, 0.3) is 5.91 Å². The fraction of sp³-hybridized carbons (Fsp3) is 0.444. The molecule has 1 fully saturated rings. The first kappa shape index (κ1) is 15.8. The zero-order valence-corrected chi connectivity index (χ0v) is 14.2. The van der Waals surface area contributed by atoms with E-state index in [-0.39, 0.29) is 12.5 Å². The third-order valence-electron chi connectivity index (χ3n) is 4.92. The van der Waals surface area contributed by atoms with Crippen LogP contribution in [-0.4, -0.2) is 37.9 Å². The number of fused-ring (bicyclic) bond motifs is 3. The summed E-state index contributed by atoms with van der Waals surface area (Å²) in [6.45, 7) is 3.37. The maximum atomic E-state index is 12.7. The Morgan fingerprint density at radius 2 is 2.36 bits per heavy atom. The summed E-state index contributed by atoms with van der Waals surface area (Å²) in [5.74, 6) is 1.27. The Morgan fingerprint density at radius 3 is 3.08 bits per heavy atom. The number of nitrogens with zero attached hydrogens (tertiary/aromatic N) is 4. The first-order chi connectivity index (χ1) is 11.9. The molecule has 2 aromatic heterocycles. The van der Waals surface area contributed by atoms with E-state index in [0.29, 0.717) is 28.9 Å². The number of rotatable bonds is 4. The summed E-state index contributed by atoms with van der Waals surface area (Å²) in [7, 11) is 0. The Balaban J connectivity index is 1.77. The van der Waals surface area contributed by atoms with E-state index >= 15 is 0 Å². The van der Waals surface area contributed by atoms with Crippen molar-refractivity contribution in [3.05, 3.63) is 40.8 Å². The number of hydrogen-bond donors (Lipinski definition) is 2. The minimum atomic E-state index is -0.714. The molecule has 128 valence electrons. The standard InChI is InChI=1S/C18H19N5O2/c1-18(2,9-24)21-17(25)15-13-7-11-6-12(11)16(13)23(22-15)14-5-10(8-19)3-4-20-14/h3-5,11-12,24H,6-7,9H2,1-2H3,(H,21,25)/t11-,12-/m1/s1. The summed E-state index contributed by atoms with van der Waals surface area (Å²) in [5.41, 5.74) is 2.20. The third kappa shape index (κ3) is 2.59. The lowest BCUT2D eigenvalue weighted by molar-refractivity contribution is 0.0863. The van der Waals surface area contributed by atoms with Crippen molar-refractivity contribution in [2.45, 2.75) is 38.1 Å². The molecule has 25 heavy (non-hydrogen) atoms. The van der Waals surface area contributed by atoms with E-state index in [0.717, 1.165) is 24.1 Å². The van der Waals surface area contributed by atoms with Gasteiger partial charge in [-0.2, -0.15) is 10.4 Å². The van der Waals surface area contributed by atoms with Crippen molar-refractivity contribution >= 4 is 5.91 Å². The zero-order valence-electron chi connectivity index (χ0n) is 14.2. The van der Waals surface area contributed by atoms with Gasteiger partial charge in [-0.25, -0.2) is 9.67 Å². The van der Waals surface area contributed by atoms with Gasteiger partial charge in [0.15, 0.2) is 11.5 Å². The van der Waals surface area contributed by atoms with Gasteiger partial charge in [0.2, 0.25) is 0 Å². The number of aliphatic hydroxyl groups is 1. The number of aliphatic hydroxyl groups excluding tert-OH is 1. The summed E-state index contributed by atoms with van der Waals surface area (Å²) < 4.78 is 1.72. The van der Waals surface area contributed by atoms with Gasteiger partial charge in [-0.3, -0.25) is 4.79 Å². The molecular weight excluding hydrogens is 318 g/mol. The summed E-state index contributed by atoms with van der Waals surface area (Å²) in [6.07, 6.45) is 3.54. The number of carbonyl (C=O) groups excluding carboxylic acids is 1. The lowest BCUT2D eigenvalue weighted by atomic mass is 10.1. The minimum Gasteiger partial charge on any atom is -0.394 e. The van der Waals surface area contributed by atoms with Crippen LogP contribution in [-0.2, 0) is 6.42 Å². The number of hydrogen-bond acceptors (Lipinski definition) is 5. The Bertz CT molecular complexity index is 909. The van der Waals surface area contributed by atoms with Crippen LogP contribution in [0, 0.1) is 17.2 Å². The molecule has 1 saturated carbocycles. The molecule has 2 heterocycles. The highest BCUT2D eigenvalue weighted by Crippen LogP contribution is 2.57. The fourth-order valence-corrected chi connectivity index (χ4v) is 3.48. The SMILES string of the molecule is CC(C)(CO)NC(=O)c1nn(-c2cc(C#N)ccn2)c2c1C[C@H]1C[C@@H]21. The van der Waals surface area contributed by atoms with Crippen molar-refractivity contribution in [2.75, 3.05) is 6.61 Å². The van der Waals surface area contributed by atoms with Gasteiger partial charge in [-0.05, 0) is 38.7 Å². The van der Waals surface area contributed by atoms with Gasteiger partial charge in [-0.1, -0.05) is 0 Å². The summed E-state index contributed by atoms with van der Waals surface area (Å²) >= 11 is 0. The lowest BCUT2D eigenvalue weighted by Gasteiger charge is -2.23. The van der Waals surface area contributed by atoms with Crippen LogP contribution in [0.15, 0.2) is 18.3 Å². The molecular formula is C18H19N5O2. The number of pyridine rings is 1. The van der Waals surface area contributed by atoms with Crippen LogP contribution >= 0.6 is 0 Å². The molecule has 0 saturated heterocycles. The molecule has 0 unspecified atom stereocenters. The molecule has 0 aliphatic heterocycles. The molecule has 2 atom stereocenters. The molecule has 7 heteroatoms. The second kappa shape index (κ2) is 5.39. The van der Waals surface area contributed by atoms with Gasteiger partial charge in [0.1, 0.15) is 0 Å². The highest BCUT2D eigenvalue weighted by Gasteiger charge is 2.50. The fourth-order valence-electron chi connectivity index (χ4n) is 3.48. The van der Waals surface area contributed by atoms with Crippen LogP contribution in [0.3, 0.4) is 0 Å². The molecule has 0 spiro atoms. The number of aromatic nitrogens is 3. The van der Waals surface area contributed by atoms with Crippen molar-refractivity contribution in [1.29, 1.82) is 5.26 Å². The Morgan fingerprint density at radius 1 is 1.56 bits per heavy atom. The number of nitriles is 1. The summed E-state index contributed by atoms with van der Waals surface area (Å²) in [5, 5.41) is 25.9. The maximum Gasteiger partial charge on any atom is 0.272 e. The largest absolute Gasteiger partial charge is 0.394 e. The Labute approximate surface area is 145 Å². The first-order valence-electron chi connectivity index (χ1n) is 8.35. The van der Waals surface area contributed by atoms with Gasteiger partial charge < -0.3 is 10.4 Å². The van der Waals surface area contributed by atoms with Crippen LogP contribution < -0.4 is 5.32 Å². The average Bonchev–Trinajstić information content (AvgIpc) is 3.10. The number of nitrogens with one attached hydrogen (secondary N) is 1. The third-order valence-corrected chi connectivity index (χ3v) is 4.92. The highest BCUT2D eigenvalue weighted by molar-refractivity contribution is 5.95. The highest BCUT2D eigenvalue weighted by atomic mass is 16.3. The predicted octanol–water partition coefficient (Wildman–Crippen LogP) is 1.30. The van der Waals surface area contributed by atoms with Crippen molar-refractivity contribution in [3.8, 4) is 11.9 Å². The quantitative estimate of drug-likeness (QED) is 0.875. The number of carbonyl (C=O) groups is 1. The van der Waals surface area contributed by atoms with Crippen LogP contribution in [0.5, 0.6) is 0 Å². The van der Waals surface area contributed by atoms with Crippen molar-refractivity contribution < 1.29 is 9.90 Å². The van der Waals surface area contributed by atoms with Crippen molar-refractivity contribution in [2.24, 2.45) is 5.92 Å². The molecule has 0 radical (unpaired) electrons. The topological polar surface area (TPSA) is 104 Å². The van der Waals surface area contributed by atoms with E-state index in [2.05, 4.69) is 21.5 Å². The van der Waals surface area contributed by atoms with Gasteiger partial charge in [0, 0.05) is 23.7 Å². The molecule has 0 aromatic carbocycles. The van der Waals surface area contributed by atoms with E-state index in [1.165, 1.54) is 0 Å². The van der Waals surface area contributed by atoms with Crippen molar-refractivity contribution in [1.82, 2.24) is 20.1 Å². The van der Waals surface area contributed by atoms with E-state index < -0.39 is 5.54 Å². The Kier molecular flexibility index (Phi) is 3.41. The second-order valence-electron chi connectivity index (χ2n) is 7.44. The molecule has 2 aliphatic carbocycles. The Hall–Kier alpha value is -2.72. The van der Waals surface area contributed by atoms with E-state index in [1.807, 2.05) is 0 Å². The smallest absolute Gasteiger partial charge is 0.272 e. The molecule has 4 rings (SSSR count). The normalized spacial score (nSPS) is 20.6. The molecule has 0 bridgehead atoms. The van der Waals surface area contributed by atoms with E-state index in [1.54, 1.807) is 36.9 Å². The molecule has 2 aromatic rings. The molecule has 2 N–H and O–H groups in total. The molecule has 2 aliphatic rings. The molecule has 1 amide bonds. The predicted molar refractivity (Wildman–Crippen MR) is 89.3 cm³/mol. The minimum absolute atomic E-state index is 0.154. The van der Waals surface area contributed by atoms with Crippen LogP contribution in [0.25, 0.3) is 5.82 Å². The summed E-state index contributed by atoms with van der Waals surface area (Å²) in [4.78, 5) is 17.0. The zero-order chi connectivity index (χ0) is 17.8. The summed E-state index contributed by atoms with van der Waals surface area (Å²) in [6, 6.07) is 5.43.